The molecule has 8 nitrogen and oxygen atoms in total. The van der Waals surface area contributed by atoms with Crippen LogP contribution in [0.5, 0.6) is 0 Å². The van der Waals surface area contributed by atoms with E-state index >= 15 is 0 Å². The predicted molar refractivity (Wildman–Crippen MR) is 124 cm³/mol. The molecular formula is C24H31N7O. The quantitative estimate of drug-likeness (QED) is 0.644. The molecule has 0 aromatic carbocycles. The Kier molecular flexibility index (Phi) is 6.03. The molecular weight excluding hydrogens is 402 g/mol. The topological polar surface area (TPSA) is 78.7 Å². The van der Waals surface area contributed by atoms with Crippen molar-refractivity contribution in [2.24, 2.45) is 0 Å². The van der Waals surface area contributed by atoms with Crippen molar-refractivity contribution in [1.29, 1.82) is 0 Å². The number of imidazole rings is 1. The number of nitrogens with one attached hydrogen (secondary N) is 1. The van der Waals surface area contributed by atoms with Gasteiger partial charge in [0.25, 0.3) is 5.91 Å². The zero-order valence-corrected chi connectivity index (χ0v) is 18.7. The van der Waals surface area contributed by atoms with Gasteiger partial charge in [0.2, 0.25) is 5.95 Å². The fourth-order valence-electron chi connectivity index (χ4n) is 5.01. The summed E-state index contributed by atoms with van der Waals surface area (Å²) in [5, 5.41) is 3.19. The highest BCUT2D eigenvalue weighted by molar-refractivity contribution is 5.99. The molecule has 1 unspecified atom stereocenters. The summed E-state index contributed by atoms with van der Waals surface area (Å²) in [6.07, 6.45) is 10.4. The van der Waals surface area contributed by atoms with Crippen LogP contribution in [-0.4, -0.2) is 68.9 Å². The molecule has 1 aliphatic heterocycles. The van der Waals surface area contributed by atoms with Crippen LogP contribution < -0.4 is 10.2 Å². The van der Waals surface area contributed by atoms with Crippen LogP contribution in [0.4, 0.5) is 5.95 Å². The second-order valence-electron chi connectivity index (χ2n) is 8.97. The van der Waals surface area contributed by atoms with Crippen molar-refractivity contribution >= 4 is 17.4 Å². The number of rotatable bonds is 6. The number of anilines is 1. The maximum absolute atomic E-state index is 13.1. The Labute approximate surface area is 188 Å². The SMILES string of the molecule is CC(CN1CCN(c2ncccn2)CC1)NC(=O)c1nc(C2CCCC2)n2ccccc12. The van der Waals surface area contributed by atoms with Crippen LogP contribution in [0.3, 0.4) is 0 Å². The second-order valence-corrected chi connectivity index (χ2v) is 8.97. The highest BCUT2D eigenvalue weighted by Gasteiger charge is 2.26. The number of amides is 1. The molecule has 2 aliphatic rings. The molecule has 1 aliphatic carbocycles. The lowest BCUT2D eigenvalue weighted by Crippen LogP contribution is -2.51. The van der Waals surface area contributed by atoms with Crippen LogP contribution in [0, 0.1) is 0 Å². The van der Waals surface area contributed by atoms with Crippen LogP contribution in [0.15, 0.2) is 42.9 Å². The Morgan fingerprint density at radius 3 is 2.59 bits per heavy atom. The van der Waals surface area contributed by atoms with Crippen LogP contribution in [-0.2, 0) is 0 Å². The van der Waals surface area contributed by atoms with Crippen molar-refractivity contribution < 1.29 is 4.79 Å². The van der Waals surface area contributed by atoms with E-state index in [1.54, 1.807) is 12.4 Å². The molecule has 0 bridgehead atoms. The molecule has 3 aromatic rings. The van der Waals surface area contributed by atoms with Gasteiger partial charge in [-0.15, -0.1) is 0 Å². The number of carbonyl (C=O) groups excluding carboxylic acids is 1. The largest absolute Gasteiger partial charge is 0.347 e. The number of carbonyl (C=O) groups is 1. The second kappa shape index (κ2) is 9.24. The molecule has 1 atom stereocenters. The predicted octanol–water partition coefficient (Wildman–Crippen LogP) is 2.72. The molecule has 1 saturated heterocycles. The molecule has 0 spiro atoms. The Balaban J connectivity index is 1.21. The minimum atomic E-state index is -0.0817. The van der Waals surface area contributed by atoms with Gasteiger partial charge in [0.1, 0.15) is 5.82 Å². The summed E-state index contributed by atoms with van der Waals surface area (Å²) in [6, 6.07) is 7.86. The lowest BCUT2D eigenvalue weighted by atomic mass is 10.1. The molecule has 3 aromatic heterocycles. The van der Waals surface area contributed by atoms with E-state index < -0.39 is 0 Å². The third kappa shape index (κ3) is 4.32. The molecule has 1 N–H and O–H groups in total. The Hall–Kier alpha value is -3.00. The first-order chi connectivity index (χ1) is 15.7. The van der Waals surface area contributed by atoms with Gasteiger partial charge in [-0.25, -0.2) is 15.0 Å². The molecule has 8 heteroatoms. The first-order valence-electron chi connectivity index (χ1n) is 11.7. The molecule has 1 saturated carbocycles. The third-order valence-electron chi connectivity index (χ3n) is 6.63. The first-order valence-corrected chi connectivity index (χ1v) is 11.7. The van der Waals surface area contributed by atoms with E-state index in [4.69, 9.17) is 4.98 Å². The monoisotopic (exact) mass is 433 g/mol. The average molecular weight is 434 g/mol. The van der Waals surface area contributed by atoms with Crippen molar-refractivity contribution in [3.63, 3.8) is 0 Å². The van der Waals surface area contributed by atoms with Crippen molar-refractivity contribution in [2.45, 2.75) is 44.6 Å². The van der Waals surface area contributed by atoms with Gasteiger partial charge in [0.15, 0.2) is 5.69 Å². The highest BCUT2D eigenvalue weighted by Crippen LogP contribution is 2.34. The number of aromatic nitrogens is 4. The summed E-state index contributed by atoms with van der Waals surface area (Å²) in [6.45, 7) is 6.52. The van der Waals surface area contributed by atoms with Gasteiger partial charge < -0.3 is 14.6 Å². The Morgan fingerprint density at radius 1 is 1.09 bits per heavy atom. The Bertz CT molecular complexity index is 1050. The minimum Gasteiger partial charge on any atom is -0.347 e. The molecule has 4 heterocycles. The zero-order valence-electron chi connectivity index (χ0n) is 18.7. The van der Waals surface area contributed by atoms with Crippen molar-refractivity contribution in [1.82, 2.24) is 29.6 Å². The molecule has 168 valence electrons. The Morgan fingerprint density at radius 2 is 1.84 bits per heavy atom. The van der Waals surface area contributed by atoms with E-state index in [1.807, 2.05) is 30.5 Å². The van der Waals surface area contributed by atoms with Crippen LogP contribution >= 0.6 is 0 Å². The van der Waals surface area contributed by atoms with E-state index in [-0.39, 0.29) is 11.9 Å². The lowest BCUT2D eigenvalue weighted by molar-refractivity contribution is 0.0925. The summed E-state index contributed by atoms with van der Waals surface area (Å²) >= 11 is 0. The van der Waals surface area contributed by atoms with E-state index in [0.29, 0.717) is 11.6 Å². The smallest absolute Gasteiger partial charge is 0.272 e. The van der Waals surface area contributed by atoms with E-state index in [0.717, 1.165) is 62.9 Å². The van der Waals surface area contributed by atoms with Gasteiger partial charge in [-0.2, -0.15) is 0 Å². The van der Waals surface area contributed by atoms with Gasteiger partial charge in [0, 0.05) is 63.3 Å². The van der Waals surface area contributed by atoms with Crippen molar-refractivity contribution in [2.75, 3.05) is 37.6 Å². The summed E-state index contributed by atoms with van der Waals surface area (Å²) in [4.78, 5) is 31.3. The maximum atomic E-state index is 13.1. The first kappa shape index (κ1) is 20.9. The van der Waals surface area contributed by atoms with Crippen LogP contribution in [0.1, 0.15) is 54.8 Å². The number of nitrogens with zero attached hydrogens (tertiary/aromatic N) is 6. The number of hydrogen-bond donors (Lipinski definition) is 1. The minimum absolute atomic E-state index is 0.0393. The maximum Gasteiger partial charge on any atom is 0.272 e. The van der Waals surface area contributed by atoms with Gasteiger partial charge in [-0.05, 0) is 38.0 Å². The fourth-order valence-corrected chi connectivity index (χ4v) is 5.01. The van der Waals surface area contributed by atoms with Gasteiger partial charge in [0.05, 0.1) is 5.52 Å². The number of piperazine rings is 1. The fraction of sp³-hybridized carbons (Fsp3) is 0.500. The summed E-state index contributed by atoms with van der Waals surface area (Å²) in [5.74, 6) is 2.20. The molecule has 32 heavy (non-hydrogen) atoms. The van der Waals surface area contributed by atoms with Gasteiger partial charge in [-0.1, -0.05) is 18.9 Å². The third-order valence-corrected chi connectivity index (χ3v) is 6.63. The number of fused-ring (bicyclic) bond motifs is 1. The van der Waals surface area contributed by atoms with Crippen molar-refractivity contribution in [3.05, 3.63) is 54.4 Å². The number of pyridine rings is 1. The molecule has 0 radical (unpaired) electrons. The van der Waals surface area contributed by atoms with E-state index in [2.05, 4.69) is 36.4 Å². The standard InChI is InChI=1S/C24H31N7O/c1-18(17-29-13-15-30(16-14-29)24-25-10-6-11-26-24)27-23(32)21-20-9-4-5-12-31(20)22(28-21)19-7-2-3-8-19/h4-6,9-12,18-19H,2-3,7-8,13-17H2,1H3,(H,27,32). The van der Waals surface area contributed by atoms with E-state index in [1.165, 1.54) is 12.8 Å². The van der Waals surface area contributed by atoms with E-state index in [9.17, 15) is 4.79 Å². The van der Waals surface area contributed by atoms with Crippen LogP contribution in [0.25, 0.3) is 5.52 Å². The van der Waals surface area contributed by atoms with Crippen molar-refractivity contribution in [3.8, 4) is 0 Å². The summed E-state index contributed by atoms with van der Waals surface area (Å²) in [5.41, 5.74) is 1.45. The highest BCUT2D eigenvalue weighted by atomic mass is 16.2. The van der Waals surface area contributed by atoms with Gasteiger partial charge in [-0.3, -0.25) is 9.69 Å². The lowest BCUT2D eigenvalue weighted by Gasteiger charge is -2.35. The van der Waals surface area contributed by atoms with Gasteiger partial charge >= 0.3 is 0 Å². The zero-order chi connectivity index (χ0) is 21.9. The summed E-state index contributed by atoms with van der Waals surface area (Å²) < 4.78 is 2.11. The average Bonchev–Trinajstić information content (AvgIpc) is 3.48. The number of hydrogen-bond acceptors (Lipinski definition) is 6. The normalized spacial score (nSPS) is 18.8. The molecule has 2 fully saturated rings. The summed E-state index contributed by atoms with van der Waals surface area (Å²) in [7, 11) is 0. The molecule has 1 amide bonds. The molecule has 5 rings (SSSR count). The van der Waals surface area contributed by atoms with Crippen LogP contribution in [0.2, 0.25) is 0 Å².